The van der Waals surface area contributed by atoms with Crippen molar-refractivity contribution in [1.29, 1.82) is 0 Å². The minimum absolute atomic E-state index is 0. The van der Waals surface area contributed by atoms with Crippen molar-refractivity contribution in [2.45, 2.75) is 31.7 Å². The Balaban J connectivity index is 0.00000225. The fraction of sp³-hybridized carbons (Fsp3) is 0.421. The van der Waals surface area contributed by atoms with Gasteiger partial charge in [0.1, 0.15) is 12.1 Å². The van der Waals surface area contributed by atoms with E-state index in [4.69, 9.17) is 0 Å². The van der Waals surface area contributed by atoms with Crippen molar-refractivity contribution >= 4 is 29.3 Å². The van der Waals surface area contributed by atoms with Crippen LogP contribution < -0.4 is 5.32 Å². The van der Waals surface area contributed by atoms with E-state index in [1.54, 1.807) is 6.20 Å². The van der Waals surface area contributed by atoms with Crippen LogP contribution in [0.4, 0.5) is 14.6 Å². The molecule has 1 aliphatic rings. The molecule has 1 saturated heterocycles. The molecule has 9 heteroatoms. The number of benzene rings is 1. The van der Waals surface area contributed by atoms with Crippen LogP contribution in [0.1, 0.15) is 17.5 Å². The highest BCUT2D eigenvalue weighted by Gasteiger charge is 2.44. The van der Waals surface area contributed by atoms with Crippen molar-refractivity contribution in [2.24, 2.45) is 0 Å². The SMILES string of the molecule is Cc1ccc(CCN2CC[C@H](Nc3ncnc4[nH]ncc34)C(F)(F)C2)cc1.Cl. The third-order valence-corrected chi connectivity index (χ3v) is 5.07. The normalized spacial score (nSPS) is 19.3. The highest BCUT2D eigenvalue weighted by Crippen LogP contribution is 2.31. The fourth-order valence-corrected chi connectivity index (χ4v) is 3.47. The Bertz CT molecular complexity index is 914. The first-order chi connectivity index (χ1) is 13.0. The standard InChI is InChI=1S/C19H22F2N6.ClH/c1-13-2-4-14(5-3-13)6-8-27-9-7-16(19(20,21)11-27)25-17-15-10-24-26-18(15)23-12-22-17;/h2-5,10,12,16H,6-9,11H2,1H3,(H2,22,23,24,25,26);1H/t16-;/m0./s1. The monoisotopic (exact) mass is 408 g/mol. The van der Waals surface area contributed by atoms with E-state index in [0.717, 1.165) is 6.42 Å². The van der Waals surface area contributed by atoms with Crippen molar-refractivity contribution in [3.63, 3.8) is 0 Å². The summed E-state index contributed by atoms with van der Waals surface area (Å²) in [5.41, 5.74) is 2.91. The van der Waals surface area contributed by atoms with Crippen LogP contribution in [0.5, 0.6) is 0 Å². The van der Waals surface area contributed by atoms with Crippen molar-refractivity contribution in [2.75, 3.05) is 25.0 Å². The predicted molar refractivity (Wildman–Crippen MR) is 107 cm³/mol. The lowest BCUT2D eigenvalue weighted by Gasteiger charge is -2.38. The second-order valence-corrected chi connectivity index (χ2v) is 7.11. The number of aromatic amines is 1. The van der Waals surface area contributed by atoms with E-state index >= 15 is 0 Å². The van der Waals surface area contributed by atoms with Crippen molar-refractivity contribution < 1.29 is 8.78 Å². The first-order valence-electron chi connectivity index (χ1n) is 9.07. The van der Waals surface area contributed by atoms with Crippen LogP contribution in [0, 0.1) is 6.92 Å². The van der Waals surface area contributed by atoms with Gasteiger partial charge in [0.25, 0.3) is 5.92 Å². The van der Waals surface area contributed by atoms with Gasteiger partial charge in [-0.2, -0.15) is 5.10 Å². The minimum atomic E-state index is -2.84. The molecule has 150 valence electrons. The number of anilines is 1. The Labute approximate surface area is 168 Å². The zero-order valence-corrected chi connectivity index (χ0v) is 16.3. The average molecular weight is 409 g/mol. The Morgan fingerprint density at radius 1 is 1.25 bits per heavy atom. The molecule has 0 saturated carbocycles. The molecule has 0 unspecified atom stereocenters. The number of hydrogen-bond donors (Lipinski definition) is 2. The van der Waals surface area contributed by atoms with Gasteiger partial charge in [-0.25, -0.2) is 18.7 Å². The number of rotatable bonds is 5. The number of likely N-dealkylation sites (tertiary alicyclic amines) is 1. The molecule has 1 atom stereocenters. The number of hydrogen-bond acceptors (Lipinski definition) is 5. The Hall–Kier alpha value is -2.32. The maximum absolute atomic E-state index is 14.7. The minimum Gasteiger partial charge on any atom is -0.360 e. The van der Waals surface area contributed by atoms with E-state index < -0.39 is 12.0 Å². The molecule has 0 radical (unpaired) electrons. The molecule has 0 aliphatic carbocycles. The second kappa shape index (κ2) is 8.36. The number of fused-ring (bicyclic) bond motifs is 1. The van der Waals surface area contributed by atoms with Gasteiger partial charge in [0.2, 0.25) is 0 Å². The van der Waals surface area contributed by atoms with Crippen LogP contribution in [0.3, 0.4) is 0 Å². The van der Waals surface area contributed by atoms with Gasteiger partial charge in [0, 0.05) is 13.1 Å². The molecule has 2 N–H and O–H groups in total. The molecule has 0 amide bonds. The summed E-state index contributed by atoms with van der Waals surface area (Å²) in [6, 6.07) is 7.28. The molecule has 28 heavy (non-hydrogen) atoms. The van der Waals surface area contributed by atoms with E-state index in [2.05, 4.69) is 49.7 Å². The molecule has 3 aromatic rings. The molecular weight excluding hydrogens is 386 g/mol. The number of halogens is 3. The Morgan fingerprint density at radius 3 is 2.79 bits per heavy atom. The van der Waals surface area contributed by atoms with E-state index in [0.29, 0.717) is 36.4 Å². The van der Waals surface area contributed by atoms with E-state index in [9.17, 15) is 8.78 Å². The third kappa shape index (κ3) is 4.39. The summed E-state index contributed by atoms with van der Waals surface area (Å²) in [6.45, 7) is 3.04. The topological polar surface area (TPSA) is 69.7 Å². The van der Waals surface area contributed by atoms with Crippen LogP contribution in [-0.2, 0) is 6.42 Å². The molecule has 4 rings (SSSR count). The highest BCUT2D eigenvalue weighted by atomic mass is 35.5. The molecule has 2 aromatic heterocycles. The van der Waals surface area contributed by atoms with Gasteiger partial charge in [0.05, 0.1) is 24.2 Å². The first-order valence-corrected chi connectivity index (χ1v) is 9.07. The van der Waals surface area contributed by atoms with E-state index in [-0.39, 0.29) is 19.0 Å². The van der Waals surface area contributed by atoms with Crippen molar-refractivity contribution in [3.05, 3.63) is 47.9 Å². The summed E-state index contributed by atoms with van der Waals surface area (Å²) in [6.07, 6.45) is 4.02. The molecular formula is C19H23ClF2N6. The van der Waals surface area contributed by atoms with Gasteiger partial charge in [-0.15, -0.1) is 12.4 Å². The highest BCUT2D eigenvalue weighted by molar-refractivity contribution is 5.86. The van der Waals surface area contributed by atoms with Crippen molar-refractivity contribution in [3.8, 4) is 0 Å². The molecule has 0 bridgehead atoms. The van der Waals surface area contributed by atoms with Crippen LogP contribution in [-0.4, -0.2) is 56.7 Å². The average Bonchev–Trinajstić information content (AvgIpc) is 3.13. The lowest BCUT2D eigenvalue weighted by molar-refractivity contribution is -0.0734. The van der Waals surface area contributed by atoms with Gasteiger partial charge in [0.15, 0.2) is 5.65 Å². The van der Waals surface area contributed by atoms with E-state index in [1.165, 1.54) is 17.5 Å². The first kappa shape index (κ1) is 20.4. The summed E-state index contributed by atoms with van der Waals surface area (Å²) in [4.78, 5) is 9.99. The maximum Gasteiger partial charge on any atom is 0.280 e. The lowest BCUT2D eigenvalue weighted by atomic mass is 9.99. The number of nitrogens with zero attached hydrogens (tertiary/aromatic N) is 4. The number of H-pyrrole nitrogens is 1. The van der Waals surface area contributed by atoms with Gasteiger partial charge >= 0.3 is 0 Å². The summed E-state index contributed by atoms with van der Waals surface area (Å²) in [5, 5.41) is 10.2. The molecule has 1 aromatic carbocycles. The Morgan fingerprint density at radius 2 is 2.04 bits per heavy atom. The smallest absolute Gasteiger partial charge is 0.280 e. The number of piperidine rings is 1. The van der Waals surface area contributed by atoms with Crippen LogP contribution in [0.15, 0.2) is 36.8 Å². The number of nitrogens with one attached hydrogen (secondary N) is 2. The molecule has 6 nitrogen and oxygen atoms in total. The van der Waals surface area contributed by atoms with E-state index in [1.807, 2.05) is 11.8 Å². The van der Waals surface area contributed by atoms with Gasteiger partial charge in [-0.05, 0) is 25.3 Å². The van der Waals surface area contributed by atoms with Gasteiger partial charge in [-0.3, -0.25) is 10.00 Å². The number of aryl methyl sites for hydroxylation is 1. The molecule has 3 heterocycles. The zero-order chi connectivity index (χ0) is 18.9. The van der Waals surface area contributed by atoms with Gasteiger partial charge < -0.3 is 5.32 Å². The quantitative estimate of drug-likeness (QED) is 0.676. The fourth-order valence-electron chi connectivity index (χ4n) is 3.47. The molecule has 0 spiro atoms. The summed E-state index contributed by atoms with van der Waals surface area (Å²) in [5.74, 6) is -2.45. The molecule has 1 fully saturated rings. The third-order valence-electron chi connectivity index (χ3n) is 5.07. The van der Waals surface area contributed by atoms with Gasteiger partial charge in [-0.1, -0.05) is 29.8 Å². The lowest BCUT2D eigenvalue weighted by Crippen LogP contribution is -2.54. The van der Waals surface area contributed by atoms with Crippen molar-refractivity contribution in [1.82, 2.24) is 25.1 Å². The maximum atomic E-state index is 14.7. The van der Waals surface area contributed by atoms with Crippen LogP contribution in [0.2, 0.25) is 0 Å². The predicted octanol–water partition coefficient (Wildman–Crippen LogP) is 3.45. The van der Waals surface area contributed by atoms with Crippen LogP contribution >= 0.6 is 12.4 Å². The summed E-state index contributed by atoms with van der Waals surface area (Å²) >= 11 is 0. The summed E-state index contributed by atoms with van der Waals surface area (Å²) < 4.78 is 29.5. The second-order valence-electron chi connectivity index (χ2n) is 7.11. The zero-order valence-electron chi connectivity index (χ0n) is 15.5. The summed E-state index contributed by atoms with van der Waals surface area (Å²) in [7, 11) is 0. The molecule has 1 aliphatic heterocycles. The largest absolute Gasteiger partial charge is 0.360 e. The van der Waals surface area contributed by atoms with Crippen LogP contribution in [0.25, 0.3) is 11.0 Å². The number of aromatic nitrogens is 4. The Kier molecular flexibility index (Phi) is 6.10. The number of alkyl halides is 2.